The zero-order valence-electron chi connectivity index (χ0n) is 3.06. The normalized spacial score (nSPS) is 4.00. The first-order valence-electron chi connectivity index (χ1n) is 1.41. The second-order valence-electron chi connectivity index (χ2n) is 0.707. The van der Waals surface area contributed by atoms with Crippen molar-refractivity contribution in [2.45, 2.75) is 0 Å². The standard InChI is InChI=1S/Ca.Fe.2H3Si/h;;2*1H3. The van der Waals surface area contributed by atoms with Crippen LogP contribution >= 0.6 is 0 Å². The second kappa shape index (κ2) is 8.96. The predicted octanol–water partition coefficient (Wildman–Crippen LogP) is -2.75. The fraction of sp³-hybridized carbons (Fsp3) is 0. The summed E-state index contributed by atoms with van der Waals surface area (Å²) in [5.74, 6) is 0. The van der Waals surface area contributed by atoms with Crippen LogP contribution in [-0.4, -0.2) is 42.5 Å². The van der Waals surface area contributed by atoms with Crippen molar-refractivity contribution in [1.29, 1.82) is 0 Å². The van der Waals surface area contributed by atoms with Gasteiger partial charge in [0.25, 0.3) is 0 Å². The molecule has 0 rings (SSSR count). The Labute approximate surface area is 58.4 Å². The quantitative estimate of drug-likeness (QED) is 0.335. The van der Waals surface area contributed by atoms with Crippen molar-refractivity contribution in [2.75, 3.05) is 0 Å². The molecular formula is H6CaFeSi2. The molecule has 0 aromatic carbocycles. The monoisotopic (exact) mass is 158 g/mol. The number of hydrogen-bond donors (Lipinski definition) is 0. The van der Waals surface area contributed by atoms with Crippen LogP contribution in [0.3, 0.4) is 0 Å². The summed E-state index contributed by atoms with van der Waals surface area (Å²) in [6, 6.07) is 0. The van der Waals surface area contributed by atoms with Crippen LogP contribution in [0.5, 0.6) is 0 Å². The average molecular weight is 158 g/mol. The molecule has 0 aliphatic heterocycles. The van der Waals surface area contributed by atoms with Gasteiger partial charge in [-0.05, 0) is 0 Å². The number of hydrogen-bond acceptors (Lipinski definition) is 0. The Hall–Kier alpha value is 2.21. The van der Waals surface area contributed by atoms with Crippen LogP contribution in [-0.2, 0) is 17.1 Å². The second-order valence-corrected chi connectivity index (χ2v) is 26.2. The van der Waals surface area contributed by atoms with Crippen LogP contribution in [0, 0.1) is 0 Å². The Kier molecular flexibility index (Phi) is 21.3. The van der Waals surface area contributed by atoms with E-state index in [0.29, 0.717) is 31.7 Å². The molecule has 0 unspecified atom stereocenters. The van der Waals surface area contributed by atoms with Crippen molar-refractivity contribution < 1.29 is 17.1 Å². The summed E-state index contributed by atoms with van der Waals surface area (Å²) in [4.78, 5) is 0. The Morgan fingerprint density at radius 2 is 1.25 bits per heavy atom. The van der Waals surface area contributed by atoms with Gasteiger partial charge in [0, 0.05) is 17.1 Å². The summed E-state index contributed by atoms with van der Waals surface area (Å²) < 4.78 is 0. The molecule has 0 aliphatic carbocycles. The zero-order chi connectivity index (χ0) is 2.71. The van der Waals surface area contributed by atoms with E-state index in [2.05, 4.69) is 0 Å². The molecule has 4 heteroatoms. The summed E-state index contributed by atoms with van der Waals surface area (Å²) in [6.07, 6.45) is 0. The molecule has 0 bridgehead atoms. The van der Waals surface area contributed by atoms with Gasteiger partial charge in [-0.15, -0.1) is 0 Å². The summed E-state index contributed by atoms with van der Waals surface area (Å²) in [5.41, 5.74) is 0. The molecule has 0 saturated heterocycles. The molecule has 0 saturated carbocycles. The minimum atomic E-state index is 0. The Morgan fingerprint density at radius 3 is 1.25 bits per heavy atom. The Morgan fingerprint density at radius 1 is 1.25 bits per heavy atom. The van der Waals surface area contributed by atoms with E-state index >= 15 is 0 Å². The van der Waals surface area contributed by atoms with Crippen molar-refractivity contribution in [3.63, 3.8) is 0 Å². The van der Waals surface area contributed by atoms with Gasteiger partial charge in [0.05, 0.1) is 0 Å². The minimum absolute atomic E-state index is 0. The van der Waals surface area contributed by atoms with Crippen molar-refractivity contribution in [3.05, 3.63) is 0 Å². The van der Waals surface area contributed by atoms with Crippen LogP contribution in [0.25, 0.3) is 0 Å². The summed E-state index contributed by atoms with van der Waals surface area (Å²) in [6.45, 7) is 0. The Balaban J connectivity index is 0. The molecular weight excluding hydrogens is 152 g/mol. The fourth-order valence-corrected chi connectivity index (χ4v) is 0. The summed E-state index contributed by atoms with van der Waals surface area (Å²) in [5, 5.41) is 3.24. The van der Waals surface area contributed by atoms with Gasteiger partial charge in [-0.2, -0.15) is 0 Å². The fourth-order valence-electron chi connectivity index (χ4n) is 0. The van der Waals surface area contributed by atoms with Gasteiger partial charge >= 0.3 is 42.5 Å². The maximum atomic E-state index is 1.62. The molecule has 0 aliphatic rings. The molecule has 0 atom stereocenters. The molecule has 4 heavy (non-hydrogen) atoms. The molecule has 0 nitrogen and oxygen atoms in total. The molecule has 24 valence electrons. The molecule has 0 amide bonds. The SMILES string of the molecule is [Fe].[SiH3][Ca][SiH3]. The van der Waals surface area contributed by atoms with E-state index < -0.39 is 0 Å². The van der Waals surface area contributed by atoms with Crippen molar-refractivity contribution in [1.82, 2.24) is 0 Å². The van der Waals surface area contributed by atoms with E-state index in [9.17, 15) is 0 Å². The summed E-state index contributed by atoms with van der Waals surface area (Å²) in [7, 11) is 0. The van der Waals surface area contributed by atoms with Crippen molar-refractivity contribution in [2.24, 2.45) is 0 Å². The topological polar surface area (TPSA) is 0 Å². The van der Waals surface area contributed by atoms with Crippen LogP contribution in [0.15, 0.2) is 0 Å². The van der Waals surface area contributed by atoms with Gasteiger partial charge in [-0.25, -0.2) is 0 Å². The summed E-state index contributed by atoms with van der Waals surface area (Å²) >= 11 is 0.403. The van der Waals surface area contributed by atoms with Gasteiger partial charge in [0.1, 0.15) is 0 Å². The molecule has 0 fully saturated rings. The predicted molar refractivity (Wildman–Crippen MR) is 25.6 cm³/mol. The molecule has 0 heterocycles. The third-order valence-corrected chi connectivity index (χ3v) is 0. The first-order valence-corrected chi connectivity index (χ1v) is 17.5. The van der Waals surface area contributed by atoms with E-state index in [-0.39, 0.29) is 17.1 Å². The van der Waals surface area contributed by atoms with Gasteiger partial charge in [0.2, 0.25) is 0 Å². The van der Waals surface area contributed by atoms with E-state index in [1.54, 1.807) is 10.8 Å². The molecule has 0 aromatic heterocycles. The van der Waals surface area contributed by atoms with Gasteiger partial charge < -0.3 is 0 Å². The van der Waals surface area contributed by atoms with E-state index in [4.69, 9.17) is 0 Å². The molecule has 0 radical (unpaired) electrons. The number of rotatable bonds is 0. The van der Waals surface area contributed by atoms with Gasteiger partial charge in [0.15, 0.2) is 0 Å². The maximum absolute atomic E-state index is 1.62. The average Bonchev–Trinajstić information content (AvgIpc) is 0.918. The molecule has 0 spiro atoms. The van der Waals surface area contributed by atoms with E-state index in [0.717, 1.165) is 0 Å². The van der Waals surface area contributed by atoms with E-state index in [1.807, 2.05) is 0 Å². The van der Waals surface area contributed by atoms with Crippen LogP contribution < -0.4 is 0 Å². The van der Waals surface area contributed by atoms with Crippen LogP contribution in [0.4, 0.5) is 0 Å². The van der Waals surface area contributed by atoms with Crippen molar-refractivity contribution >= 4 is 42.5 Å². The third-order valence-electron chi connectivity index (χ3n) is 0. The third kappa shape index (κ3) is 8.88. The molecule has 0 aromatic rings. The first-order chi connectivity index (χ1) is 1.41. The van der Waals surface area contributed by atoms with Crippen molar-refractivity contribution in [3.8, 4) is 0 Å². The van der Waals surface area contributed by atoms with Gasteiger partial charge in [-0.1, -0.05) is 0 Å². The Bertz CT molecular complexity index is 6.00. The van der Waals surface area contributed by atoms with Crippen LogP contribution in [0.2, 0.25) is 0 Å². The van der Waals surface area contributed by atoms with E-state index in [1.165, 1.54) is 0 Å². The van der Waals surface area contributed by atoms with Gasteiger partial charge in [-0.3, -0.25) is 0 Å². The molecule has 0 N–H and O–H groups in total. The first kappa shape index (κ1) is 9.51. The van der Waals surface area contributed by atoms with Crippen LogP contribution in [0.1, 0.15) is 0 Å². The zero-order valence-corrected chi connectivity index (χ0v) is 10.4.